The van der Waals surface area contributed by atoms with Gasteiger partial charge in [0.2, 0.25) is 0 Å². The number of hydrogen-bond donors (Lipinski definition) is 1. The maximum Gasteiger partial charge on any atom is 0.169 e. The lowest BCUT2D eigenvalue weighted by molar-refractivity contribution is 0.112. The summed E-state index contributed by atoms with van der Waals surface area (Å²) in [4.78, 5) is 15.1. The molecule has 0 atom stereocenters. The second-order valence-corrected chi connectivity index (χ2v) is 5.59. The molecule has 1 heterocycles. The van der Waals surface area contributed by atoms with Crippen LogP contribution in [0.15, 0.2) is 35.7 Å². The van der Waals surface area contributed by atoms with Crippen LogP contribution in [0.2, 0.25) is 0 Å². The van der Waals surface area contributed by atoms with Gasteiger partial charge in [-0.3, -0.25) is 9.69 Å². The van der Waals surface area contributed by atoms with Crippen molar-refractivity contribution in [2.24, 2.45) is 0 Å². The SMILES string of the molecule is CCN(CCN1CCNC1=C(C#N)C#N)Cc1ccc(C=O)cc1. The van der Waals surface area contributed by atoms with Crippen LogP contribution in [0.25, 0.3) is 0 Å². The maximum absolute atomic E-state index is 10.7. The van der Waals surface area contributed by atoms with E-state index in [-0.39, 0.29) is 5.57 Å². The molecule has 1 aromatic rings. The van der Waals surface area contributed by atoms with Crippen LogP contribution < -0.4 is 5.32 Å². The molecular formula is C18H21N5O. The molecule has 0 radical (unpaired) electrons. The van der Waals surface area contributed by atoms with Crippen LogP contribution in [0.3, 0.4) is 0 Å². The maximum atomic E-state index is 10.7. The van der Waals surface area contributed by atoms with Gasteiger partial charge in [0.25, 0.3) is 0 Å². The van der Waals surface area contributed by atoms with Gasteiger partial charge in [0.1, 0.15) is 24.2 Å². The summed E-state index contributed by atoms with van der Waals surface area (Å²) in [7, 11) is 0. The molecule has 0 spiro atoms. The van der Waals surface area contributed by atoms with Crippen molar-refractivity contribution >= 4 is 6.29 Å². The van der Waals surface area contributed by atoms with Crippen LogP contribution in [-0.4, -0.2) is 48.8 Å². The molecule has 6 nitrogen and oxygen atoms in total. The lowest BCUT2D eigenvalue weighted by Crippen LogP contribution is -2.34. The van der Waals surface area contributed by atoms with E-state index < -0.39 is 0 Å². The normalized spacial score (nSPS) is 13.3. The number of allylic oxidation sites excluding steroid dienone is 1. The first-order valence-electron chi connectivity index (χ1n) is 8.01. The fraction of sp³-hybridized carbons (Fsp3) is 0.389. The summed E-state index contributed by atoms with van der Waals surface area (Å²) in [6.45, 7) is 6.96. The molecular weight excluding hydrogens is 302 g/mol. The van der Waals surface area contributed by atoms with Gasteiger partial charge in [0.15, 0.2) is 5.57 Å². The van der Waals surface area contributed by atoms with Crippen molar-refractivity contribution in [3.63, 3.8) is 0 Å². The summed E-state index contributed by atoms with van der Waals surface area (Å²) in [6, 6.07) is 11.5. The minimum atomic E-state index is 0.139. The monoisotopic (exact) mass is 323 g/mol. The van der Waals surface area contributed by atoms with E-state index in [0.717, 1.165) is 51.1 Å². The van der Waals surface area contributed by atoms with E-state index in [2.05, 4.69) is 22.0 Å². The highest BCUT2D eigenvalue weighted by Gasteiger charge is 2.21. The summed E-state index contributed by atoms with van der Waals surface area (Å²) >= 11 is 0. The molecule has 0 saturated carbocycles. The van der Waals surface area contributed by atoms with Crippen molar-refractivity contribution in [3.05, 3.63) is 46.8 Å². The number of carbonyl (C=O) groups excluding carboxylic acids is 1. The molecule has 0 bridgehead atoms. The Kier molecular flexibility index (Phi) is 6.36. The Labute approximate surface area is 142 Å². The highest BCUT2D eigenvalue weighted by atomic mass is 16.1. The van der Waals surface area contributed by atoms with Crippen molar-refractivity contribution in [1.29, 1.82) is 10.5 Å². The molecule has 1 fully saturated rings. The lowest BCUT2D eigenvalue weighted by atomic mass is 10.1. The molecule has 1 aromatic carbocycles. The van der Waals surface area contributed by atoms with E-state index >= 15 is 0 Å². The van der Waals surface area contributed by atoms with E-state index in [4.69, 9.17) is 10.5 Å². The molecule has 0 amide bonds. The van der Waals surface area contributed by atoms with Crippen LogP contribution in [-0.2, 0) is 6.54 Å². The average Bonchev–Trinajstić information content (AvgIpc) is 3.08. The number of hydrogen-bond acceptors (Lipinski definition) is 6. The van der Waals surface area contributed by atoms with Gasteiger partial charge in [-0.15, -0.1) is 0 Å². The lowest BCUT2D eigenvalue weighted by Gasteiger charge is -2.25. The molecule has 1 N–H and O–H groups in total. The van der Waals surface area contributed by atoms with Gasteiger partial charge in [-0.1, -0.05) is 31.2 Å². The molecule has 1 saturated heterocycles. The standard InChI is InChI=1S/C18H21N5O/c1-2-22(13-15-3-5-16(14-24)6-4-15)9-10-23-8-7-21-18(23)17(11-19)12-20/h3-6,14,21H,2,7-10,13H2,1H3. The first-order chi connectivity index (χ1) is 11.7. The molecule has 0 aromatic heterocycles. The van der Waals surface area contributed by atoms with Crippen LogP contribution in [0.1, 0.15) is 22.8 Å². The third-order valence-corrected chi connectivity index (χ3v) is 4.11. The predicted octanol–water partition coefficient (Wildman–Crippen LogP) is 1.48. The zero-order valence-electron chi connectivity index (χ0n) is 13.8. The summed E-state index contributed by atoms with van der Waals surface area (Å²) in [5, 5.41) is 21.2. The van der Waals surface area contributed by atoms with Crippen molar-refractivity contribution in [2.75, 3.05) is 32.7 Å². The summed E-state index contributed by atoms with van der Waals surface area (Å²) < 4.78 is 0. The molecule has 124 valence electrons. The Bertz CT molecular complexity index is 665. The third-order valence-electron chi connectivity index (χ3n) is 4.11. The van der Waals surface area contributed by atoms with Gasteiger partial charge in [0.05, 0.1) is 0 Å². The number of benzene rings is 1. The fourth-order valence-electron chi connectivity index (χ4n) is 2.70. The molecule has 1 aliphatic heterocycles. The quantitative estimate of drug-likeness (QED) is 0.604. The average molecular weight is 323 g/mol. The van der Waals surface area contributed by atoms with Crippen molar-refractivity contribution in [3.8, 4) is 12.1 Å². The highest BCUT2D eigenvalue weighted by molar-refractivity contribution is 5.74. The number of carbonyl (C=O) groups is 1. The van der Waals surface area contributed by atoms with Gasteiger partial charge in [-0.2, -0.15) is 10.5 Å². The predicted molar refractivity (Wildman–Crippen MR) is 90.6 cm³/mol. The Morgan fingerprint density at radius 3 is 2.62 bits per heavy atom. The zero-order chi connectivity index (χ0) is 17.4. The third kappa shape index (κ3) is 4.34. The molecule has 24 heavy (non-hydrogen) atoms. The molecule has 0 unspecified atom stereocenters. The minimum absolute atomic E-state index is 0.139. The first kappa shape index (κ1) is 17.5. The van der Waals surface area contributed by atoms with Gasteiger partial charge >= 0.3 is 0 Å². The summed E-state index contributed by atoms with van der Waals surface area (Å²) in [5.41, 5.74) is 1.98. The van der Waals surface area contributed by atoms with Gasteiger partial charge in [-0.05, 0) is 12.1 Å². The topological polar surface area (TPSA) is 83.2 Å². The van der Waals surface area contributed by atoms with E-state index in [1.807, 2.05) is 36.4 Å². The second-order valence-electron chi connectivity index (χ2n) is 5.59. The number of rotatable bonds is 7. The Balaban J connectivity index is 1.95. The highest BCUT2D eigenvalue weighted by Crippen LogP contribution is 2.13. The van der Waals surface area contributed by atoms with Crippen molar-refractivity contribution in [1.82, 2.24) is 15.1 Å². The van der Waals surface area contributed by atoms with Crippen molar-refractivity contribution in [2.45, 2.75) is 13.5 Å². The smallest absolute Gasteiger partial charge is 0.169 e. The van der Waals surface area contributed by atoms with E-state index in [0.29, 0.717) is 11.4 Å². The van der Waals surface area contributed by atoms with Gasteiger partial charge in [0, 0.05) is 38.3 Å². The van der Waals surface area contributed by atoms with Gasteiger partial charge in [-0.25, -0.2) is 0 Å². The minimum Gasteiger partial charge on any atom is -0.368 e. The largest absolute Gasteiger partial charge is 0.368 e. The number of nitriles is 2. The van der Waals surface area contributed by atoms with Crippen LogP contribution >= 0.6 is 0 Å². The summed E-state index contributed by atoms with van der Waals surface area (Å²) in [5.74, 6) is 0.645. The van der Waals surface area contributed by atoms with E-state index in [1.165, 1.54) is 0 Å². The number of nitrogens with one attached hydrogen (secondary N) is 1. The Morgan fingerprint density at radius 2 is 2.04 bits per heavy atom. The molecule has 6 heteroatoms. The first-order valence-corrected chi connectivity index (χ1v) is 8.01. The fourth-order valence-corrected chi connectivity index (χ4v) is 2.70. The molecule has 2 rings (SSSR count). The Morgan fingerprint density at radius 1 is 1.33 bits per heavy atom. The molecule has 1 aliphatic rings. The zero-order valence-corrected chi connectivity index (χ0v) is 13.8. The Hall–Kier alpha value is -2.83. The number of aldehydes is 1. The van der Waals surface area contributed by atoms with E-state index in [9.17, 15) is 4.79 Å². The molecule has 0 aliphatic carbocycles. The number of likely N-dealkylation sites (N-methyl/N-ethyl adjacent to an activating group) is 1. The second kappa shape index (κ2) is 8.71. The van der Waals surface area contributed by atoms with Crippen LogP contribution in [0.4, 0.5) is 0 Å². The van der Waals surface area contributed by atoms with Crippen molar-refractivity contribution < 1.29 is 4.79 Å². The van der Waals surface area contributed by atoms with Crippen LogP contribution in [0.5, 0.6) is 0 Å². The van der Waals surface area contributed by atoms with Gasteiger partial charge < -0.3 is 10.2 Å². The summed E-state index contributed by atoms with van der Waals surface area (Å²) in [6.07, 6.45) is 0.845. The van der Waals surface area contributed by atoms with E-state index in [1.54, 1.807) is 0 Å². The number of nitrogens with zero attached hydrogens (tertiary/aromatic N) is 4. The van der Waals surface area contributed by atoms with Crippen LogP contribution in [0, 0.1) is 22.7 Å².